The van der Waals surface area contributed by atoms with Crippen LogP contribution in [0, 0.1) is 13.8 Å². The average Bonchev–Trinajstić information content (AvgIpc) is 2.71. The zero-order valence-electron chi connectivity index (χ0n) is 18.1. The lowest BCUT2D eigenvalue weighted by Crippen LogP contribution is -2.28. The molecule has 3 rings (SSSR count). The first-order chi connectivity index (χ1) is 14.6. The van der Waals surface area contributed by atoms with E-state index in [1.807, 2.05) is 0 Å². The maximum atomic E-state index is 13.2. The molecule has 0 aliphatic heterocycles. The number of hydrogen-bond donors (Lipinski definition) is 3. The lowest BCUT2D eigenvalue weighted by molar-refractivity contribution is 0.317. The molecule has 0 amide bonds. The number of phenols is 1. The molecule has 8 nitrogen and oxygen atoms in total. The third-order valence-corrected chi connectivity index (χ3v) is 5.64. The van der Waals surface area contributed by atoms with Crippen molar-refractivity contribution in [2.75, 3.05) is 6.61 Å². The molecule has 3 aromatic rings. The monoisotopic (exact) mass is 426 g/mol. The van der Waals surface area contributed by atoms with Gasteiger partial charge in [0, 0.05) is 43.0 Å². The summed E-state index contributed by atoms with van der Waals surface area (Å²) in [6.07, 6.45) is 0. The van der Waals surface area contributed by atoms with Crippen molar-refractivity contribution < 1.29 is 20.1 Å². The van der Waals surface area contributed by atoms with Crippen LogP contribution in [-0.4, -0.2) is 31.1 Å². The fourth-order valence-electron chi connectivity index (χ4n) is 3.73. The SMILES string of the molecule is CCOc1cc(C(c2c(O)cc(=O)n(C)c2C)c2c(O)cc(C)n(C)c2=O)ccc1O. The minimum Gasteiger partial charge on any atom is -0.507 e. The molecular formula is C23H26N2O6. The highest BCUT2D eigenvalue weighted by Gasteiger charge is 2.30. The van der Waals surface area contributed by atoms with Gasteiger partial charge in [0.1, 0.15) is 11.5 Å². The number of phenolic OH excluding ortho intramolecular Hbond substituents is 1. The molecule has 1 atom stereocenters. The first-order valence-corrected chi connectivity index (χ1v) is 9.83. The van der Waals surface area contributed by atoms with Crippen LogP contribution < -0.4 is 15.9 Å². The number of hydrogen-bond acceptors (Lipinski definition) is 6. The summed E-state index contributed by atoms with van der Waals surface area (Å²) in [6, 6.07) is 7.13. The van der Waals surface area contributed by atoms with Crippen molar-refractivity contribution in [3.63, 3.8) is 0 Å². The number of aryl methyl sites for hydroxylation is 1. The van der Waals surface area contributed by atoms with E-state index >= 15 is 0 Å². The van der Waals surface area contributed by atoms with Crippen LogP contribution in [0.15, 0.2) is 39.9 Å². The smallest absolute Gasteiger partial charge is 0.258 e. The second kappa shape index (κ2) is 8.22. The number of ether oxygens (including phenoxy) is 1. The van der Waals surface area contributed by atoms with E-state index < -0.39 is 17.0 Å². The van der Waals surface area contributed by atoms with Crippen LogP contribution in [0.2, 0.25) is 0 Å². The van der Waals surface area contributed by atoms with E-state index in [4.69, 9.17) is 4.74 Å². The molecule has 2 heterocycles. The number of aromatic nitrogens is 2. The minimum atomic E-state index is -0.925. The van der Waals surface area contributed by atoms with Crippen LogP contribution in [-0.2, 0) is 14.1 Å². The summed E-state index contributed by atoms with van der Waals surface area (Å²) in [5.41, 5.74) is 0.981. The highest BCUT2D eigenvalue weighted by atomic mass is 16.5. The first kappa shape index (κ1) is 22.0. The molecule has 0 saturated carbocycles. The molecular weight excluding hydrogens is 400 g/mol. The molecule has 31 heavy (non-hydrogen) atoms. The Labute approximate surface area is 179 Å². The Hall–Kier alpha value is -3.68. The van der Waals surface area contributed by atoms with E-state index in [1.54, 1.807) is 47.0 Å². The molecule has 0 aliphatic carbocycles. The van der Waals surface area contributed by atoms with Crippen LogP contribution in [0.1, 0.15) is 40.9 Å². The maximum absolute atomic E-state index is 13.2. The Bertz CT molecular complexity index is 1270. The van der Waals surface area contributed by atoms with E-state index in [0.29, 0.717) is 29.1 Å². The van der Waals surface area contributed by atoms with Crippen LogP contribution in [0.4, 0.5) is 0 Å². The molecule has 0 fully saturated rings. The van der Waals surface area contributed by atoms with Crippen LogP contribution >= 0.6 is 0 Å². The molecule has 1 aromatic carbocycles. The van der Waals surface area contributed by atoms with Crippen molar-refractivity contribution in [2.24, 2.45) is 14.1 Å². The number of benzene rings is 1. The van der Waals surface area contributed by atoms with Crippen LogP contribution in [0.25, 0.3) is 0 Å². The number of rotatable bonds is 5. The summed E-state index contributed by atoms with van der Waals surface area (Å²) >= 11 is 0. The van der Waals surface area contributed by atoms with E-state index in [1.165, 1.54) is 21.3 Å². The van der Waals surface area contributed by atoms with Gasteiger partial charge in [-0.15, -0.1) is 0 Å². The highest BCUT2D eigenvalue weighted by molar-refractivity contribution is 5.56. The fourth-order valence-corrected chi connectivity index (χ4v) is 3.73. The van der Waals surface area contributed by atoms with Gasteiger partial charge in [-0.3, -0.25) is 9.59 Å². The summed E-state index contributed by atoms with van der Waals surface area (Å²) in [5, 5.41) is 31.6. The number of aromatic hydroxyl groups is 3. The van der Waals surface area contributed by atoms with E-state index in [-0.39, 0.29) is 28.6 Å². The zero-order valence-corrected chi connectivity index (χ0v) is 18.1. The molecule has 0 bridgehead atoms. The largest absolute Gasteiger partial charge is 0.507 e. The molecule has 2 aromatic heterocycles. The topological polar surface area (TPSA) is 114 Å². The van der Waals surface area contributed by atoms with Crippen molar-refractivity contribution in [3.8, 4) is 23.0 Å². The van der Waals surface area contributed by atoms with Gasteiger partial charge < -0.3 is 29.2 Å². The quantitative estimate of drug-likeness (QED) is 0.577. The molecule has 0 aliphatic rings. The third-order valence-electron chi connectivity index (χ3n) is 5.64. The molecule has 3 N–H and O–H groups in total. The highest BCUT2D eigenvalue weighted by Crippen LogP contribution is 2.42. The van der Waals surface area contributed by atoms with Crippen molar-refractivity contribution >= 4 is 0 Å². The summed E-state index contributed by atoms with van der Waals surface area (Å²) in [6.45, 7) is 5.43. The van der Waals surface area contributed by atoms with Gasteiger partial charge in [-0.05, 0) is 44.5 Å². The second-order valence-electron chi connectivity index (χ2n) is 7.47. The van der Waals surface area contributed by atoms with Gasteiger partial charge in [0.25, 0.3) is 11.1 Å². The number of pyridine rings is 2. The molecule has 0 spiro atoms. The molecule has 164 valence electrons. The van der Waals surface area contributed by atoms with Gasteiger partial charge in [0.05, 0.1) is 12.2 Å². The van der Waals surface area contributed by atoms with Crippen molar-refractivity contribution in [1.82, 2.24) is 9.13 Å². The lowest BCUT2D eigenvalue weighted by atomic mass is 9.83. The van der Waals surface area contributed by atoms with Crippen LogP contribution in [0.3, 0.4) is 0 Å². The van der Waals surface area contributed by atoms with E-state index in [2.05, 4.69) is 0 Å². The maximum Gasteiger partial charge on any atom is 0.258 e. The van der Waals surface area contributed by atoms with E-state index in [9.17, 15) is 24.9 Å². The summed E-state index contributed by atoms with van der Waals surface area (Å²) in [7, 11) is 3.15. The predicted octanol–water partition coefficient (Wildman–Crippen LogP) is 2.40. The van der Waals surface area contributed by atoms with Gasteiger partial charge in [-0.1, -0.05) is 6.07 Å². The second-order valence-corrected chi connectivity index (χ2v) is 7.47. The van der Waals surface area contributed by atoms with Gasteiger partial charge in [-0.2, -0.15) is 0 Å². The van der Waals surface area contributed by atoms with Crippen LogP contribution in [0.5, 0.6) is 23.0 Å². The normalized spacial score (nSPS) is 12.0. The first-order valence-electron chi connectivity index (χ1n) is 9.83. The molecule has 8 heteroatoms. The Kier molecular flexibility index (Phi) is 5.83. The van der Waals surface area contributed by atoms with Crippen molar-refractivity contribution in [3.05, 3.63) is 79.1 Å². The standard InChI is InChI=1S/C23H26N2O6/c1-6-31-18-10-14(7-8-15(18)26)21(20-13(3)25(5)19(29)11-17(20)28)22-16(27)9-12(2)24(4)23(22)30/h7-11,21,26-28H,6H2,1-5H3. The molecule has 1 unspecified atom stereocenters. The molecule has 0 saturated heterocycles. The summed E-state index contributed by atoms with van der Waals surface area (Å²) < 4.78 is 8.26. The van der Waals surface area contributed by atoms with Crippen molar-refractivity contribution in [1.29, 1.82) is 0 Å². The van der Waals surface area contributed by atoms with Gasteiger partial charge in [0.15, 0.2) is 11.5 Å². The van der Waals surface area contributed by atoms with Crippen molar-refractivity contribution in [2.45, 2.75) is 26.7 Å². The van der Waals surface area contributed by atoms with Gasteiger partial charge in [-0.25, -0.2) is 0 Å². The fraction of sp³-hybridized carbons (Fsp3) is 0.304. The third kappa shape index (κ3) is 3.76. The average molecular weight is 426 g/mol. The number of nitrogens with zero attached hydrogens (tertiary/aromatic N) is 2. The Morgan fingerprint density at radius 2 is 1.55 bits per heavy atom. The van der Waals surface area contributed by atoms with Gasteiger partial charge in [0.2, 0.25) is 0 Å². The molecule has 0 radical (unpaired) electrons. The Balaban J connectivity index is 2.45. The summed E-state index contributed by atoms with van der Waals surface area (Å²) in [5.74, 6) is -1.32. The minimum absolute atomic E-state index is 0.0401. The summed E-state index contributed by atoms with van der Waals surface area (Å²) in [4.78, 5) is 25.4. The lowest BCUT2D eigenvalue weighted by Gasteiger charge is -2.24. The predicted molar refractivity (Wildman–Crippen MR) is 116 cm³/mol. The van der Waals surface area contributed by atoms with Gasteiger partial charge >= 0.3 is 0 Å². The van der Waals surface area contributed by atoms with E-state index in [0.717, 1.165) is 6.07 Å². The zero-order chi connectivity index (χ0) is 23.0. The Morgan fingerprint density at radius 1 is 0.903 bits per heavy atom. The Morgan fingerprint density at radius 3 is 2.19 bits per heavy atom.